The van der Waals surface area contributed by atoms with Crippen LogP contribution in [0.3, 0.4) is 0 Å². The first kappa shape index (κ1) is 33.4. The van der Waals surface area contributed by atoms with Gasteiger partial charge in [-0.25, -0.2) is 8.42 Å². The van der Waals surface area contributed by atoms with Crippen molar-refractivity contribution in [2.24, 2.45) is 5.92 Å². The van der Waals surface area contributed by atoms with Crippen molar-refractivity contribution in [3.63, 3.8) is 0 Å². The first-order valence-electron chi connectivity index (χ1n) is 13.2. The number of amides is 2. The number of rotatable bonds is 9. The van der Waals surface area contributed by atoms with Gasteiger partial charge in [0.15, 0.2) is 9.84 Å². The van der Waals surface area contributed by atoms with Crippen molar-refractivity contribution in [2.75, 3.05) is 18.1 Å². The molecule has 1 saturated carbocycles. The number of halogens is 6. The predicted molar refractivity (Wildman–Crippen MR) is 144 cm³/mol. The molecule has 0 spiro atoms. The standard InChI is InChI=1S/C28H33F6N3O4S/c1-17(2)37(3)22-9-10-24(18(11-22)16-42(40,41)23-7-5-4-6-8-23)36-26(39)15-25(38)35-21-13-19(27(29,30)31)12-20(14-21)28(32,33)34/h4-8,12-14,17-18,22,24H,9-11,15-16H2,1-3H3,(H,35,38)(H,36,39)/t18-,22+,24-/m0/s1. The van der Waals surface area contributed by atoms with Crippen LogP contribution < -0.4 is 10.6 Å². The topological polar surface area (TPSA) is 95.6 Å². The molecule has 2 amide bonds. The minimum Gasteiger partial charge on any atom is -0.353 e. The van der Waals surface area contributed by atoms with Crippen molar-refractivity contribution < 1.29 is 44.3 Å². The molecule has 232 valence electrons. The lowest BCUT2D eigenvalue weighted by Crippen LogP contribution is -2.51. The van der Waals surface area contributed by atoms with Crippen molar-refractivity contribution in [1.82, 2.24) is 10.2 Å². The number of carbonyl (C=O) groups is 2. The average Bonchev–Trinajstić information content (AvgIpc) is 2.88. The number of anilines is 1. The molecular weight excluding hydrogens is 588 g/mol. The summed E-state index contributed by atoms with van der Waals surface area (Å²) in [6, 6.07) is 8.08. The zero-order chi connectivity index (χ0) is 31.5. The minimum absolute atomic E-state index is 0.0427. The molecule has 2 aromatic rings. The van der Waals surface area contributed by atoms with Crippen LogP contribution in [0.4, 0.5) is 32.0 Å². The van der Waals surface area contributed by atoms with Crippen LogP contribution in [-0.4, -0.2) is 56.1 Å². The molecule has 0 radical (unpaired) electrons. The molecule has 42 heavy (non-hydrogen) atoms. The van der Waals surface area contributed by atoms with Gasteiger partial charge in [0.05, 0.1) is 21.8 Å². The molecule has 3 rings (SSSR count). The summed E-state index contributed by atoms with van der Waals surface area (Å²) in [4.78, 5) is 27.5. The number of sulfone groups is 1. The van der Waals surface area contributed by atoms with Gasteiger partial charge in [-0.05, 0) is 76.4 Å². The van der Waals surface area contributed by atoms with E-state index in [0.29, 0.717) is 31.4 Å². The number of benzene rings is 2. The van der Waals surface area contributed by atoms with Crippen LogP contribution in [0, 0.1) is 5.92 Å². The number of carbonyl (C=O) groups excluding carboxylic acids is 2. The second-order valence-electron chi connectivity index (χ2n) is 10.8. The van der Waals surface area contributed by atoms with Crippen molar-refractivity contribution in [1.29, 1.82) is 0 Å². The molecule has 3 atom stereocenters. The Morgan fingerprint density at radius 2 is 1.50 bits per heavy atom. The van der Waals surface area contributed by atoms with Gasteiger partial charge in [-0.1, -0.05) is 18.2 Å². The minimum atomic E-state index is -5.10. The van der Waals surface area contributed by atoms with Crippen LogP contribution in [0.25, 0.3) is 0 Å². The highest BCUT2D eigenvalue weighted by Crippen LogP contribution is 2.37. The Balaban J connectivity index is 1.74. The van der Waals surface area contributed by atoms with Crippen LogP contribution in [0.5, 0.6) is 0 Å². The summed E-state index contributed by atoms with van der Waals surface area (Å²) >= 11 is 0. The van der Waals surface area contributed by atoms with Crippen molar-refractivity contribution >= 4 is 27.3 Å². The van der Waals surface area contributed by atoms with Gasteiger partial charge in [-0.3, -0.25) is 9.59 Å². The molecule has 2 N–H and O–H groups in total. The van der Waals surface area contributed by atoms with Crippen molar-refractivity contribution in [3.05, 3.63) is 59.7 Å². The second-order valence-corrected chi connectivity index (χ2v) is 12.8. The maximum absolute atomic E-state index is 13.2. The van der Waals surface area contributed by atoms with Gasteiger partial charge in [0.25, 0.3) is 0 Å². The summed E-state index contributed by atoms with van der Waals surface area (Å²) in [5, 5.41) is 4.62. The van der Waals surface area contributed by atoms with E-state index in [4.69, 9.17) is 0 Å². The van der Waals surface area contributed by atoms with Gasteiger partial charge in [-0.2, -0.15) is 26.3 Å². The third-order valence-electron chi connectivity index (χ3n) is 7.42. The molecule has 0 aliphatic heterocycles. The van der Waals surface area contributed by atoms with Crippen LogP contribution in [0.1, 0.15) is 50.7 Å². The van der Waals surface area contributed by atoms with E-state index in [9.17, 15) is 44.3 Å². The van der Waals surface area contributed by atoms with Gasteiger partial charge in [0.2, 0.25) is 11.8 Å². The molecule has 1 aliphatic carbocycles. The molecule has 0 heterocycles. The molecule has 7 nitrogen and oxygen atoms in total. The third kappa shape index (κ3) is 8.93. The van der Waals surface area contributed by atoms with E-state index in [1.165, 1.54) is 12.1 Å². The van der Waals surface area contributed by atoms with E-state index >= 15 is 0 Å². The first-order chi connectivity index (χ1) is 19.4. The van der Waals surface area contributed by atoms with E-state index in [-0.39, 0.29) is 28.8 Å². The smallest absolute Gasteiger partial charge is 0.353 e. The Morgan fingerprint density at radius 1 is 0.929 bits per heavy atom. The van der Waals surface area contributed by atoms with Crippen LogP contribution in [0.15, 0.2) is 53.4 Å². The molecule has 1 aliphatic rings. The molecule has 2 aromatic carbocycles. The van der Waals surface area contributed by atoms with Gasteiger partial charge in [-0.15, -0.1) is 0 Å². The number of nitrogens with one attached hydrogen (secondary N) is 2. The fraction of sp³-hybridized carbons (Fsp3) is 0.500. The summed E-state index contributed by atoms with van der Waals surface area (Å²) < 4.78 is 105. The Kier molecular flexibility index (Phi) is 10.3. The van der Waals surface area contributed by atoms with Gasteiger partial charge < -0.3 is 15.5 Å². The Bertz CT molecular complexity index is 1330. The lowest BCUT2D eigenvalue weighted by atomic mass is 9.81. The molecule has 0 bridgehead atoms. The summed E-state index contributed by atoms with van der Waals surface area (Å²) in [6.07, 6.45) is -9.60. The lowest BCUT2D eigenvalue weighted by Gasteiger charge is -2.41. The van der Waals surface area contributed by atoms with Crippen molar-refractivity contribution in [2.45, 2.75) is 74.9 Å². The highest BCUT2D eigenvalue weighted by molar-refractivity contribution is 7.91. The Labute approximate surface area is 240 Å². The maximum Gasteiger partial charge on any atom is 0.416 e. The van der Waals surface area contributed by atoms with E-state index in [2.05, 4.69) is 10.2 Å². The second kappa shape index (κ2) is 13.0. The number of hydrogen-bond acceptors (Lipinski definition) is 5. The molecule has 0 aromatic heterocycles. The number of alkyl halides is 6. The summed E-state index contributed by atoms with van der Waals surface area (Å²) in [5.41, 5.74) is -3.98. The fourth-order valence-corrected chi connectivity index (χ4v) is 6.74. The van der Waals surface area contributed by atoms with E-state index in [1.807, 2.05) is 26.2 Å². The Morgan fingerprint density at radius 3 is 2.02 bits per heavy atom. The van der Waals surface area contributed by atoms with Crippen LogP contribution >= 0.6 is 0 Å². The predicted octanol–water partition coefficient (Wildman–Crippen LogP) is 5.52. The summed E-state index contributed by atoms with van der Waals surface area (Å²) in [7, 11) is -1.80. The number of nitrogens with zero attached hydrogens (tertiary/aromatic N) is 1. The zero-order valence-electron chi connectivity index (χ0n) is 23.2. The summed E-state index contributed by atoms with van der Waals surface area (Å²) in [5.74, 6) is -2.74. The quantitative estimate of drug-likeness (QED) is 0.284. The van der Waals surface area contributed by atoms with E-state index in [1.54, 1.807) is 18.2 Å². The zero-order valence-corrected chi connectivity index (χ0v) is 24.0. The highest BCUT2D eigenvalue weighted by atomic mass is 32.2. The highest BCUT2D eigenvalue weighted by Gasteiger charge is 2.38. The molecular formula is C28H33F6N3O4S. The number of hydrogen-bond donors (Lipinski definition) is 2. The molecule has 0 saturated heterocycles. The summed E-state index contributed by atoms with van der Waals surface area (Å²) in [6.45, 7) is 4.01. The Hall–Kier alpha value is -3.13. The third-order valence-corrected chi connectivity index (χ3v) is 9.28. The lowest BCUT2D eigenvalue weighted by molar-refractivity contribution is -0.143. The van der Waals surface area contributed by atoms with Crippen molar-refractivity contribution in [3.8, 4) is 0 Å². The largest absolute Gasteiger partial charge is 0.416 e. The van der Waals surface area contributed by atoms with Crippen LogP contribution in [0.2, 0.25) is 0 Å². The maximum atomic E-state index is 13.2. The van der Waals surface area contributed by atoms with E-state index in [0.717, 1.165) is 0 Å². The average molecular weight is 622 g/mol. The van der Waals surface area contributed by atoms with Crippen LogP contribution in [-0.2, 0) is 31.8 Å². The molecule has 1 fully saturated rings. The molecule has 0 unspecified atom stereocenters. The normalized spacial score (nSPS) is 20.0. The van der Waals surface area contributed by atoms with Gasteiger partial charge >= 0.3 is 12.4 Å². The first-order valence-corrected chi connectivity index (χ1v) is 14.9. The fourth-order valence-electron chi connectivity index (χ4n) is 5.05. The van der Waals surface area contributed by atoms with E-state index < -0.39 is 69.2 Å². The monoisotopic (exact) mass is 621 g/mol. The van der Waals surface area contributed by atoms with Gasteiger partial charge in [0.1, 0.15) is 6.42 Å². The SMILES string of the molecule is CC(C)N(C)[C@@H]1CC[C@H](NC(=O)CC(=O)Nc2cc(C(F)(F)F)cc(C(F)(F)F)c2)[C@H](CS(=O)(=O)c2ccccc2)C1. The molecule has 14 heteroatoms. The van der Waals surface area contributed by atoms with Gasteiger partial charge in [0, 0.05) is 23.8 Å².